The Morgan fingerprint density at radius 2 is 1.96 bits per heavy atom. The summed E-state index contributed by atoms with van der Waals surface area (Å²) >= 11 is 0. The highest BCUT2D eigenvalue weighted by Gasteiger charge is 2.13. The number of carbonyl (C=O) groups excluding carboxylic acids is 1. The maximum atomic E-state index is 11.9. The lowest BCUT2D eigenvalue weighted by Gasteiger charge is -2.05. The first-order chi connectivity index (χ1) is 12.2. The van der Waals surface area contributed by atoms with Crippen LogP contribution in [0.3, 0.4) is 0 Å². The van der Waals surface area contributed by atoms with Crippen molar-refractivity contribution in [1.29, 1.82) is 0 Å². The van der Waals surface area contributed by atoms with E-state index in [1.807, 2.05) is 42.5 Å². The number of hydrogen-bond acceptors (Lipinski definition) is 5. The first-order valence-electron chi connectivity index (χ1n) is 7.81. The van der Waals surface area contributed by atoms with Gasteiger partial charge in [-0.25, -0.2) is 0 Å². The van der Waals surface area contributed by atoms with Crippen molar-refractivity contribution in [2.75, 3.05) is 20.7 Å². The maximum Gasteiger partial charge on any atom is 0.244 e. The standard InChI is InChI=1S/C19H19NO5/c1-22-12-23-16-6-2-14(3-7-16)5-9-19(21)20-11-15-4-8-17-18(10-15)25-13-24-17/h2-10H,11-13H2,1H3,(H,20,21)/b9-5+. The molecule has 1 aliphatic heterocycles. The Kier molecular flexibility index (Phi) is 5.53. The predicted molar refractivity (Wildman–Crippen MR) is 92.4 cm³/mol. The number of fused-ring (bicyclic) bond motifs is 1. The first kappa shape index (κ1) is 16.9. The van der Waals surface area contributed by atoms with Crippen LogP contribution in [0, 0.1) is 0 Å². The Labute approximate surface area is 146 Å². The van der Waals surface area contributed by atoms with Crippen LogP contribution in [0.2, 0.25) is 0 Å². The van der Waals surface area contributed by atoms with E-state index in [0.717, 1.165) is 16.9 Å². The molecule has 0 aromatic heterocycles. The van der Waals surface area contributed by atoms with Gasteiger partial charge in [-0.15, -0.1) is 0 Å². The minimum Gasteiger partial charge on any atom is -0.468 e. The summed E-state index contributed by atoms with van der Waals surface area (Å²) in [6.45, 7) is 0.865. The summed E-state index contributed by atoms with van der Waals surface area (Å²) < 4.78 is 20.7. The van der Waals surface area contributed by atoms with Gasteiger partial charge in [0.05, 0.1) is 0 Å². The summed E-state index contributed by atoms with van der Waals surface area (Å²) in [6, 6.07) is 13.0. The Balaban J connectivity index is 1.49. The molecule has 2 aromatic carbocycles. The quantitative estimate of drug-likeness (QED) is 0.620. The third-order valence-corrected chi connectivity index (χ3v) is 3.55. The lowest BCUT2D eigenvalue weighted by atomic mass is 10.2. The van der Waals surface area contributed by atoms with Crippen LogP contribution in [-0.2, 0) is 16.1 Å². The average Bonchev–Trinajstić information content (AvgIpc) is 3.11. The molecule has 25 heavy (non-hydrogen) atoms. The van der Waals surface area contributed by atoms with Gasteiger partial charge in [0.1, 0.15) is 5.75 Å². The van der Waals surface area contributed by atoms with Crippen LogP contribution in [0.4, 0.5) is 0 Å². The SMILES string of the molecule is COCOc1ccc(/C=C/C(=O)NCc2ccc3c(c2)OCO3)cc1. The van der Waals surface area contributed by atoms with Gasteiger partial charge in [0.15, 0.2) is 18.3 Å². The molecule has 130 valence electrons. The number of carbonyl (C=O) groups is 1. The maximum absolute atomic E-state index is 11.9. The van der Waals surface area contributed by atoms with Crippen molar-refractivity contribution in [3.05, 3.63) is 59.7 Å². The Morgan fingerprint density at radius 3 is 2.76 bits per heavy atom. The van der Waals surface area contributed by atoms with Crippen molar-refractivity contribution in [3.63, 3.8) is 0 Å². The van der Waals surface area contributed by atoms with Gasteiger partial charge >= 0.3 is 0 Å². The van der Waals surface area contributed by atoms with Gasteiger partial charge in [0, 0.05) is 19.7 Å². The van der Waals surface area contributed by atoms with Gasteiger partial charge in [-0.1, -0.05) is 18.2 Å². The fraction of sp³-hybridized carbons (Fsp3) is 0.211. The summed E-state index contributed by atoms with van der Waals surface area (Å²) in [5, 5.41) is 2.84. The van der Waals surface area contributed by atoms with Crippen LogP contribution >= 0.6 is 0 Å². The molecule has 2 aromatic rings. The van der Waals surface area contributed by atoms with Crippen molar-refractivity contribution in [3.8, 4) is 17.2 Å². The fourth-order valence-electron chi connectivity index (χ4n) is 2.27. The van der Waals surface area contributed by atoms with Gasteiger partial charge in [-0.3, -0.25) is 4.79 Å². The number of rotatable bonds is 7. The van der Waals surface area contributed by atoms with Crippen LogP contribution < -0.4 is 19.5 Å². The zero-order valence-corrected chi connectivity index (χ0v) is 13.9. The van der Waals surface area contributed by atoms with E-state index >= 15 is 0 Å². The molecule has 6 nitrogen and oxygen atoms in total. The molecule has 0 spiro atoms. The van der Waals surface area contributed by atoms with Crippen molar-refractivity contribution in [2.24, 2.45) is 0 Å². The van der Waals surface area contributed by atoms with Crippen LogP contribution in [0.25, 0.3) is 6.08 Å². The normalized spacial score (nSPS) is 12.4. The van der Waals surface area contributed by atoms with E-state index in [-0.39, 0.29) is 19.5 Å². The van der Waals surface area contributed by atoms with Gasteiger partial charge in [-0.2, -0.15) is 0 Å². The predicted octanol–water partition coefficient (Wildman–Crippen LogP) is 2.73. The number of nitrogens with one attached hydrogen (secondary N) is 1. The topological polar surface area (TPSA) is 66.0 Å². The van der Waals surface area contributed by atoms with Crippen LogP contribution in [0.1, 0.15) is 11.1 Å². The van der Waals surface area contributed by atoms with Crippen molar-refractivity contribution < 1.29 is 23.7 Å². The van der Waals surface area contributed by atoms with Gasteiger partial charge in [0.25, 0.3) is 0 Å². The Hall–Kier alpha value is -2.99. The van der Waals surface area contributed by atoms with Gasteiger partial charge in [-0.05, 0) is 41.5 Å². The van der Waals surface area contributed by atoms with Crippen LogP contribution in [0.5, 0.6) is 17.2 Å². The molecule has 0 fully saturated rings. The molecule has 3 rings (SSSR count). The summed E-state index contributed by atoms with van der Waals surface area (Å²) in [6.07, 6.45) is 3.24. The average molecular weight is 341 g/mol. The fourth-order valence-corrected chi connectivity index (χ4v) is 2.27. The summed E-state index contributed by atoms with van der Waals surface area (Å²) in [7, 11) is 1.57. The molecule has 0 bridgehead atoms. The highest BCUT2D eigenvalue weighted by Crippen LogP contribution is 2.32. The van der Waals surface area contributed by atoms with E-state index in [2.05, 4.69) is 5.32 Å². The minimum atomic E-state index is -0.169. The van der Waals surface area contributed by atoms with Crippen LogP contribution in [0.15, 0.2) is 48.5 Å². The molecule has 0 saturated carbocycles. The lowest BCUT2D eigenvalue weighted by molar-refractivity contribution is -0.116. The molecule has 0 atom stereocenters. The van der Waals surface area contributed by atoms with Crippen molar-refractivity contribution in [1.82, 2.24) is 5.32 Å². The highest BCUT2D eigenvalue weighted by atomic mass is 16.7. The zero-order valence-electron chi connectivity index (χ0n) is 13.9. The van der Waals surface area contributed by atoms with E-state index in [4.69, 9.17) is 18.9 Å². The Morgan fingerprint density at radius 1 is 1.16 bits per heavy atom. The molecule has 1 amide bonds. The molecule has 0 saturated heterocycles. The van der Waals surface area contributed by atoms with Crippen LogP contribution in [-0.4, -0.2) is 26.6 Å². The molecule has 0 unspecified atom stereocenters. The summed E-state index contributed by atoms with van der Waals surface area (Å²) in [5.41, 5.74) is 1.86. The molecular formula is C19H19NO5. The summed E-state index contributed by atoms with van der Waals surface area (Å²) in [4.78, 5) is 11.9. The zero-order chi connectivity index (χ0) is 17.5. The second-order valence-electron chi connectivity index (χ2n) is 5.36. The smallest absolute Gasteiger partial charge is 0.244 e. The molecule has 0 aliphatic carbocycles. The van der Waals surface area contributed by atoms with Gasteiger partial charge < -0.3 is 24.3 Å². The molecular weight excluding hydrogens is 322 g/mol. The number of amides is 1. The number of methoxy groups -OCH3 is 1. The second-order valence-corrected chi connectivity index (χ2v) is 5.36. The molecule has 6 heteroatoms. The van der Waals surface area contributed by atoms with Crippen molar-refractivity contribution in [2.45, 2.75) is 6.54 Å². The lowest BCUT2D eigenvalue weighted by Crippen LogP contribution is -2.20. The van der Waals surface area contributed by atoms with E-state index < -0.39 is 0 Å². The first-order valence-corrected chi connectivity index (χ1v) is 7.81. The van der Waals surface area contributed by atoms with Crippen molar-refractivity contribution >= 4 is 12.0 Å². The van der Waals surface area contributed by atoms with E-state index in [0.29, 0.717) is 18.0 Å². The number of hydrogen-bond donors (Lipinski definition) is 1. The van der Waals surface area contributed by atoms with E-state index in [9.17, 15) is 4.79 Å². The van der Waals surface area contributed by atoms with E-state index in [1.54, 1.807) is 13.2 Å². The molecule has 1 aliphatic rings. The molecule has 1 N–H and O–H groups in total. The number of ether oxygens (including phenoxy) is 4. The third-order valence-electron chi connectivity index (χ3n) is 3.55. The largest absolute Gasteiger partial charge is 0.468 e. The number of benzene rings is 2. The monoisotopic (exact) mass is 341 g/mol. The Bertz CT molecular complexity index is 755. The molecule has 0 radical (unpaired) electrons. The molecule has 1 heterocycles. The minimum absolute atomic E-state index is 0.169. The highest BCUT2D eigenvalue weighted by molar-refractivity contribution is 5.91. The summed E-state index contributed by atoms with van der Waals surface area (Å²) in [5.74, 6) is 1.98. The third kappa shape index (κ3) is 4.74. The van der Waals surface area contributed by atoms with E-state index in [1.165, 1.54) is 6.08 Å². The second kappa shape index (κ2) is 8.21. The van der Waals surface area contributed by atoms with Gasteiger partial charge in [0.2, 0.25) is 12.7 Å².